The van der Waals surface area contributed by atoms with Crippen LogP contribution in [0.2, 0.25) is 0 Å². The number of nitrogens with two attached hydrogens (primary N) is 1. The van der Waals surface area contributed by atoms with Crippen LogP contribution in [0, 0.1) is 0 Å². The first kappa shape index (κ1) is 11.9. The molecule has 0 fully saturated rings. The van der Waals surface area contributed by atoms with Crippen LogP contribution in [-0.2, 0) is 6.42 Å². The number of anilines is 2. The first-order valence-corrected chi connectivity index (χ1v) is 6.50. The lowest BCUT2D eigenvalue weighted by atomic mass is 10.3. The van der Waals surface area contributed by atoms with Crippen LogP contribution in [-0.4, -0.2) is 9.97 Å². The molecule has 2 rings (SSSR count). The SMILES string of the molecule is CCc1nc(N)cc(NC(C)c2cccs2)n1. The molecule has 0 radical (unpaired) electrons. The highest BCUT2D eigenvalue weighted by Gasteiger charge is 2.08. The summed E-state index contributed by atoms with van der Waals surface area (Å²) in [6.45, 7) is 4.12. The molecular weight excluding hydrogens is 232 g/mol. The quantitative estimate of drug-likeness (QED) is 0.873. The van der Waals surface area contributed by atoms with E-state index in [9.17, 15) is 0 Å². The van der Waals surface area contributed by atoms with Gasteiger partial charge in [0.25, 0.3) is 0 Å². The Morgan fingerprint density at radius 2 is 2.29 bits per heavy atom. The number of thiophene rings is 1. The van der Waals surface area contributed by atoms with Gasteiger partial charge in [-0.3, -0.25) is 0 Å². The zero-order valence-corrected chi connectivity index (χ0v) is 10.8. The molecule has 0 aliphatic carbocycles. The van der Waals surface area contributed by atoms with Gasteiger partial charge in [-0.15, -0.1) is 11.3 Å². The van der Waals surface area contributed by atoms with Crippen LogP contribution < -0.4 is 11.1 Å². The maximum Gasteiger partial charge on any atom is 0.132 e. The summed E-state index contributed by atoms with van der Waals surface area (Å²) in [5.74, 6) is 2.07. The van der Waals surface area contributed by atoms with Crippen LogP contribution in [0.25, 0.3) is 0 Å². The van der Waals surface area contributed by atoms with Crippen molar-refractivity contribution in [3.05, 3.63) is 34.3 Å². The molecule has 2 aromatic heterocycles. The molecule has 1 unspecified atom stereocenters. The fourth-order valence-corrected chi connectivity index (χ4v) is 2.31. The maximum absolute atomic E-state index is 5.74. The number of nitrogen functional groups attached to an aromatic ring is 1. The van der Waals surface area contributed by atoms with Crippen molar-refractivity contribution in [1.29, 1.82) is 0 Å². The summed E-state index contributed by atoms with van der Waals surface area (Å²) in [4.78, 5) is 9.83. The molecule has 2 aromatic rings. The summed E-state index contributed by atoms with van der Waals surface area (Å²) < 4.78 is 0. The number of aryl methyl sites for hydroxylation is 1. The van der Waals surface area contributed by atoms with E-state index < -0.39 is 0 Å². The third-order valence-electron chi connectivity index (χ3n) is 2.44. The fraction of sp³-hybridized carbons (Fsp3) is 0.333. The van der Waals surface area contributed by atoms with Crippen LogP contribution in [0.15, 0.2) is 23.6 Å². The average Bonchev–Trinajstić information content (AvgIpc) is 2.81. The van der Waals surface area contributed by atoms with E-state index >= 15 is 0 Å². The van der Waals surface area contributed by atoms with Gasteiger partial charge in [0.05, 0.1) is 6.04 Å². The van der Waals surface area contributed by atoms with E-state index in [1.54, 1.807) is 17.4 Å². The Kier molecular flexibility index (Phi) is 3.58. The summed E-state index contributed by atoms with van der Waals surface area (Å²) in [5.41, 5.74) is 5.74. The van der Waals surface area contributed by atoms with Gasteiger partial charge in [0.1, 0.15) is 17.5 Å². The highest BCUT2D eigenvalue weighted by atomic mass is 32.1. The standard InChI is InChI=1S/C12H16N4S/c1-3-11-15-10(13)7-12(16-11)14-8(2)9-5-4-6-17-9/h4-8H,3H2,1-2H3,(H3,13,14,15,16). The molecule has 0 aromatic carbocycles. The minimum absolute atomic E-state index is 0.231. The van der Waals surface area contributed by atoms with E-state index in [4.69, 9.17) is 5.73 Å². The molecule has 90 valence electrons. The van der Waals surface area contributed by atoms with Gasteiger partial charge in [-0.1, -0.05) is 13.0 Å². The molecule has 0 spiro atoms. The Morgan fingerprint density at radius 3 is 2.94 bits per heavy atom. The van der Waals surface area contributed by atoms with E-state index in [0.717, 1.165) is 18.1 Å². The van der Waals surface area contributed by atoms with E-state index in [-0.39, 0.29) is 6.04 Å². The number of aromatic nitrogens is 2. The second-order valence-electron chi connectivity index (χ2n) is 3.83. The molecule has 1 atom stereocenters. The van der Waals surface area contributed by atoms with Crippen molar-refractivity contribution < 1.29 is 0 Å². The summed E-state index contributed by atoms with van der Waals surface area (Å²) in [5, 5.41) is 5.41. The monoisotopic (exact) mass is 248 g/mol. The molecule has 0 saturated carbocycles. The van der Waals surface area contributed by atoms with Crippen molar-refractivity contribution in [2.75, 3.05) is 11.1 Å². The van der Waals surface area contributed by atoms with Gasteiger partial charge in [-0.2, -0.15) is 0 Å². The molecule has 0 amide bonds. The molecule has 0 aliphatic heterocycles. The lowest BCUT2D eigenvalue weighted by Gasteiger charge is -2.13. The van der Waals surface area contributed by atoms with Gasteiger partial charge in [0.2, 0.25) is 0 Å². The first-order valence-electron chi connectivity index (χ1n) is 5.62. The van der Waals surface area contributed by atoms with Crippen molar-refractivity contribution in [2.24, 2.45) is 0 Å². The van der Waals surface area contributed by atoms with Crippen molar-refractivity contribution in [2.45, 2.75) is 26.3 Å². The lowest BCUT2D eigenvalue weighted by Crippen LogP contribution is -2.09. The maximum atomic E-state index is 5.74. The van der Waals surface area contributed by atoms with Crippen LogP contribution in [0.1, 0.15) is 30.6 Å². The van der Waals surface area contributed by atoms with Gasteiger partial charge >= 0.3 is 0 Å². The highest BCUT2D eigenvalue weighted by molar-refractivity contribution is 7.10. The normalized spacial score (nSPS) is 12.4. The number of hydrogen-bond acceptors (Lipinski definition) is 5. The zero-order valence-electron chi connectivity index (χ0n) is 9.97. The third kappa shape index (κ3) is 2.94. The van der Waals surface area contributed by atoms with Crippen molar-refractivity contribution >= 4 is 23.0 Å². The van der Waals surface area contributed by atoms with Gasteiger partial charge < -0.3 is 11.1 Å². The molecular formula is C12H16N4S. The zero-order chi connectivity index (χ0) is 12.3. The van der Waals surface area contributed by atoms with E-state index in [0.29, 0.717) is 5.82 Å². The molecule has 0 saturated heterocycles. The van der Waals surface area contributed by atoms with Crippen LogP contribution in [0.3, 0.4) is 0 Å². The summed E-state index contributed by atoms with van der Waals surface area (Å²) in [6, 6.07) is 6.15. The minimum atomic E-state index is 0.231. The Morgan fingerprint density at radius 1 is 1.47 bits per heavy atom. The molecule has 2 heterocycles. The van der Waals surface area contributed by atoms with Crippen LogP contribution in [0.5, 0.6) is 0 Å². The summed E-state index contributed by atoms with van der Waals surface area (Å²) in [7, 11) is 0. The van der Waals surface area contributed by atoms with Crippen molar-refractivity contribution in [1.82, 2.24) is 9.97 Å². The first-order chi connectivity index (χ1) is 8.19. The molecule has 3 N–H and O–H groups in total. The Hall–Kier alpha value is -1.62. The molecule has 5 heteroatoms. The molecule has 17 heavy (non-hydrogen) atoms. The van der Waals surface area contributed by atoms with Crippen molar-refractivity contribution in [3.8, 4) is 0 Å². The Labute approximate surface area is 105 Å². The number of nitrogens with one attached hydrogen (secondary N) is 1. The van der Waals surface area contributed by atoms with Crippen LogP contribution in [0.4, 0.5) is 11.6 Å². The smallest absolute Gasteiger partial charge is 0.132 e. The van der Waals surface area contributed by atoms with E-state index in [1.165, 1.54) is 4.88 Å². The molecule has 0 aliphatic rings. The van der Waals surface area contributed by atoms with Gasteiger partial charge in [-0.05, 0) is 18.4 Å². The summed E-state index contributed by atoms with van der Waals surface area (Å²) in [6.07, 6.45) is 0.785. The topological polar surface area (TPSA) is 63.8 Å². The fourth-order valence-electron chi connectivity index (χ4n) is 1.58. The van der Waals surface area contributed by atoms with Crippen LogP contribution >= 0.6 is 11.3 Å². The number of nitrogens with zero attached hydrogens (tertiary/aromatic N) is 2. The van der Waals surface area contributed by atoms with E-state index in [2.05, 4.69) is 33.7 Å². The Balaban J connectivity index is 2.15. The third-order valence-corrected chi connectivity index (χ3v) is 3.50. The predicted molar refractivity (Wildman–Crippen MR) is 72.2 cm³/mol. The van der Waals surface area contributed by atoms with Gasteiger partial charge in [0, 0.05) is 17.4 Å². The Bertz CT molecular complexity index is 481. The summed E-state index contributed by atoms with van der Waals surface area (Å²) >= 11 is 1.73. The molecule has 0 bridgehead atoms. The van der Waals surface area contributed by atoms with Gasteiger partial charge in [-0.25, -0.2) is 9.97 Å². The van der Waals surface area contributed by atoms with Crippen molar-refractivity contribution in [3.63, 3.8) is 0 Å². The predicted octanol–water partition coefficient (Wildman–Crippen LogP) is 2.86. The second kappa shape index (κ2) is 5.14. The van der Waals surface area contributed by atoms with E-state index in [1.807, 2.05) is 13.0 Å². The number of hydrogen-bond donors (Lipinski definition) is 2. The lowest BCUT2D eigenvalue weighted by molar-refractivity contribution is 0.874. The minimum Gasteiger partial charge on any atom is -0.384 e. The average molecular weight is 248 g/mol. The highest BCUT2D eigenvalue weighted by Crippen LogP contribution is 2.22. The largest absolute Gasteiger partial charge is 0.384 e. The molecule has 4 nitrogen and oxygen atoms in total. The van der Waals surface area contributed by atoms with Gasteiger partial charge in [0.15, 0.2) is 0 Å². The number of rotatable bonds is 4. The second-order valence-corrected chi connectivity index (χ2v) is 4.81.